The van der Waals surface area contributed by atoms with Crippen molar-refractivity contribution in [3.05, 3.63) is 35.0 Å². The Labute approximate surface area is 150 Å². The summed E-state index contributed by atoms with van der Waals surface area (Å²) < 4.78 is 0. The van der Waals surface area contributed by atoms with Crippen LogP contribution in [0, 0.1) is 0 Å². The van der Waals surface area contributed by atoms with Crippen molar-refractivity contribution >= 4 is 27.4 Å². The number of rotatable bonds is 2. The van der Waals surface area contributed by atoms with Gasteiger partial charge in [0.25, 0.3) is 0 Å². The molecule has 0 amide bonds. The third-order valence-corrected chi connectivity index (χ3v) is 6.14. The highest BCUT2D eigenvalue weighted by Crippen LogP contribution is 2.41. The van der Waals surface area contributed by atoms with Crippen LogP contribution in [-0.2, 0) is 17.7 Å². The van der Waals surface area contributed by atoms with Crippen LogP contribution in [0.3, 0.4) is 0 Å². The average molecular weight is 352 g/mol. The molecular formula is C19H20N4OS. The number of hydrogen-bond acceptors (Lipinski definition) is 6. The van der Waals surface area contributed by atoms with Crippen LogP contribution in [0.25, 0.3) is 21.6 Å². The van der Waals surface area contributed by atoms with E-state index >= 15 is 0 Å². The van der Waals surface area contributed by atoms with E-state index in [-0.39, 0.29) is 0 Å². The monoisotopic (exact) mass is 352 g/mol. The summed E-state index contributed by atoms with van der Waals surface area (Å²) in [5.74, 6) is 1.69. The summed E-state index contributed by atoms with van der Waals surface area (Å²) >= 11 is 1.83. The molecule has 2 aliphatic rings. The fraction of sp³-hybridized carbons (Fsp3) is 0.421. The molecule has 0 spiro atoms. The van der Waals surface area contributed by atoms with E-state index in [1.54, 1.807) is 6.20 Å². The summed E-state index contributed by atoms with van der Waals surface area (Å²) in [5.41, 5.74) is 2.40. The Morgan fingerprint density at radius 1 is 1.08 bits per heavy atom. The number of hydrogen-bond donors (Lipinski definition) is 0. The number of pyridine rings is 1. The van der Waals surface area contributed by atoms with E-state index in [9.17, 15) is 0 Å². The van der Waals surface area contributed by atoms with Gasteiger partial charge in [-0.05, 0) is 56.2 Å². The van der Waals surface area contributed by atoms with Gasteiger partial charge in [-0.1, -0.05) is 0 Å². The molecule has 6 heteroatoms. The van der Waals surface area contributed by atoms with Crippen LogP contribution in [0.2, 0.25) is 0 Å². The van der Waals surface area contributed by atoms with Gasteiger partial charge in [0, 0.05) is 29.4 Å². The lowest BCUT2D eigenvalue weighted by molar-refractivity contribution is 0.0767. The van der Waals surface area contributed by atoms with E-state index in [1.165, 1.54) is 35.1 Å². The number of aryl methyl sites for hydroxylation is 2. The summed E-state index contributed by atoms with van der Waals surface area (Å²) in [5, 5.41) is 3.21. The van der Waals surface area contributed by atoms with Gasteiger partial charge in [-0.3, -0.25) is 9.82 Å². The third kappa shape index (κ3) is 2.69. The Bertz CT molecular complexity index is 903. The normalized spacial score (nSPS) is 17.7. The minimum absolute atomic E-state index is 0.739. The van der Waals surface area contributed by atoms with Crippen LogP contribution >= 0.6 is 11.3 Å². The van der Waals surface area contributed by atoms with Crippen molar-refractivity contribution in [1.82, 2.24) is 15.0 Å². The quantitative estimate of drug-likeness (QED) is 0.693. The number of aromatic nitrogens is 3. The minimum Gasteiger partial charge on any atom is -0.272 e. The number of hydroxylamine groups is 1. The highest BCUT2D eigenvalue weighted by atomic mass is 32.1. The number of anilines is 1. The summed E-state index contributed by atoms with van der Waals surface area (Å²) in [6, 6.07) is 3.95. The molecule has 4 heterocycles. The Balaban J connectivity index is 1.73. The largest absolute Gasteiger partial charge is 0.272 e. The zero-order chi connectivity index (χ0) is 16.6. The van der Waals surface area contributed by atoms with Gasteiger partial charge in [-0.15, -0.1) is 11.3 Å². The second-order valence-electron chi connectivity index (χ2n) is 6.65. The minimum atomic E-state index is 0.739. The maximum Gasteiger partial charge on any atom is 0.165 e. The fourth-order valence-electron chi connectivity index (χ4n) is 3.71. The molecule has 1 saturated heterocycles. The summed E-state index contributed by atoms with van der Waals surface area (Å²) in [7, 11) is 0. The molecule has 1 aliphatic carbocycles. The smallest absolute Gasteiger partial charge is 0.165 e. The molecular weight excluding hydrogens is 332 g/mol. The van der Waals surface area contributed by atoms with Crippen molar-refractivity contribution < 1.29 is 4.84 Å². The van der Waals surface area contributed by atoms with E-state index in [4.69, 9.17) is 14.8 Å². The third-order valence-electron chi connectivity index (χ3n) is 4.95. The van der Waals surface area contributed by atoms with Crippen molar-refractivity contribution in [2.45, 2.75) is 38.5 Å². The topological polar surface area (TPSA) is 51.1 Å². The van der Waals surface area contributed by atoms with Crippen molar-refractivity contribution in [3.63, 3.8) is 0 Å². The van der Waals surface area contributed by atoms with Gasteiger partial charge in [-0.25, -0.2) is 15.0 Å². The van der Waals surface area contributed by atoms with E-state index < -0.39 is 0 Å². The van der Waals surface area contributed by atoms with Crippen LogP contribution in [0.5, 0.6) is 0 Å². The molecule has 3 aromatic heterocycles. The molecule has 1 aliphatic heterocycles. The molecule has 0 unspecified atom stereocenters. The van der Waals surface area contributed by atoms with Crippen LogP contribution in [0.4, 0.5) is 5.82 Å². The molecule has 25 heavy (non-hydrogen) atoms. The van der Waals surface area contributed by atoms with Gasteiger partial charge >= 0.3 is 0 Å². The second kappa shape index (κ2) is 6.35. The fourth-order valence-corrected chi connectivity index (χ4v) is 4.96. The van der Waals surface area contributed by atoms with Crippen LogP contribution in [-0.4, -0.2) is 28.1 Å². The SMILES string of the molecule is c1cncc(-c2nc(N3CCCCO3)c3c4c(sc3n2)CCCC4)c1. The van der Waals surface area contributed by atoms with Gasteiger partial charge in [0.15, 0.2) is 11.6 Å². The molecule has 0 aromatic carbocycles. The number of fused-ring (bicyclic) bond motifs is 3. The maximum absolute atomic E-state index is 5.96. The first kappa shape index (κ1) is 15.2. The van der Waals surface area contributed by atoms with E-state index in [0.717, 1.165) is 54.5 Å². The summed E-state index contributed by atoms with van der Waals surface area (Å²) in [6.07, 6.45) is 10.7. The zero-order valence-corrected chi connectivity index (χ0v) is 14.9. The molecule has 0 radical (unpaired) electrons. The predicted octanol–water partition coefficient (Wildman–Crippen LogP) is 4.16. The Morgan fingerprint density at radius 3 is 2.88 bits per heavy atom. The van der Waals surface area contributed by atoms with Crippen molar-refractivity contribution in [2.24, 2.45) is 0 Å². The molecule has 1 fully saturated rings. The lowest BCUT2D eigenvalue weighted by Gasteiger charge is -2.28. The van der Waals surface area contributed by atoms with E-state index in [1.807, 2.05) is 34.7 Å². The molecule has 0 N–H and O–H groups in total. The van der Waals surface area contributed by atoms with Crippen LogP contribution in [0.15, 0.2) is 24.5 Å². The van der Waals surface area contributed by atoms with Crippen LogP contribution < -0.4 is 5.06 Å². The van der Waals surface area contributed by atoms with Gasteiger partial charge in [0.2, 0.25) is 0 Å². The lowest BCUT2D eigenvalue weighted by Crippen LogP contribution is -2.31. The predicted molar refractivity (Wildman–Crippen MR) is 99.8 cm³/mol. The van der Waals surface area contributed by atoms with E-state index in [2.05, 4.69) is 4.98 Å². The Morgan fingerprint density at radius 2 is 2.04 bits per heavy atom. The molecule has 0 saturated carbocycles. The molecule has 5 nitrogen and oxygen atoms in total. The highest BCUT2D eigenvalue weighted by molar-refractivity contribution is 7.19. The zero-order valence-electron chi connectivity index (χ0n) is 14.1. The molecule has 0 atom stereocenters. The average Bonchev–Trinajstić information content (AvgIpc) is 3.07. The maximum atomic E-state index is 5.96. The van der Waals surface area contributed by atoms with Gasteiger partial charge < -0.3 is 0 Å². The molecule has 128 valence electrons. The molecule has 3 aromatic rings. The molecule has 5 rings (SSSR count). The highest BCUT2D eigenvalue weighted by Gasteiger charge is 2.25. The Hall–Kier alpha value is -2.05. The van der Waals surface area contributed by atoms with Gasteiger partial charge in [-0.2, -0.15) is 0 Å². The molecule has 0 bridgehead atoms. The van der Waals surface area contributed by atoms with Gasteiger partial charge in [0.1, 0.15) is 4.83 Å². The Kier molecular flexibility index (Phi) is 3.87. The first-order chi connectivity index (χ1) is 12.4. The van der Waals surface area contributed by atoms with Crippen molar-refractivity contribution in [2.75, 3.05) is 18.2 Å². The van der Waals surface area contributed by atoms with Crippen LogP contribution in [0.1, 0.15) is 36.1 Å². The van der Waals surface area contributed by atoms with Crippen molar-refractivity contribution in [1.29, 1.82) is 0 Å². The summed E-state index contributed by atoms with van der Waals surface area (Å²) in [4.78, 5) is 22.6. The van der Waals surface area contributed by atoms with Gasteiger partial charge in [0.05, 0.1) is 12.0 Å². The lowest BCUT2D eigenvalue weighted by atomic mass is 9.97. The first-order valence-electron chi connectivity index (χ1n) is 9.03. The second-order valence-corrected chi connectivity index (χ2v) is 7.73. The van der Waals surface area contributed by atoms with E-state index in [0.29, 0.717) is 0 Å². The number of thiophene rings is 1. The van der Waals surface area contributed by atoms with Crippen molar-refractivity contribution in [3.8, 4) is 11.4 Å². The summed E-state index contributed by atoms with van der Waals surface area (Å²) in [6.45, 7) is 1.66. The number of nitrogens with zero attached hydrogens (tertiary/aromatic N) is 4. The standard InChI is InChI=1S/C19H20N4OS/c1-2-8-15-14(7-1)16-18(23-10-3-4-11-24-23)21-17(22-19(16)25-15)13-6-5-9-20-12-13/h5-6,9,12H,1-4,7-8,10-11H2. The first-order valence-corrected chi connectivity index (χ1v) is 9.85.